The third-order valence-corrected chi connectivity index (χ3v) is 3.91. The van der Waals surface area contributed by atoms with Crippen LogP contribution in [0.3, 0.4) is 0 Å². The van der Waals surface area contributed by atoms with Crippen LogP contribution in [0.5, 0.6) is 5.75 Å². The molecule has 1 fully saturated rings. The first-order valence-electron chi connectivity index (χ1n) is 5.78. The zero-order valence-electron chi connectivity index (χ0n) is 10.4. The van der Waals surface area contributed by atoms with Crippen molar-refractivity contribution in [1.82, 2.24) is 4.90 Å². The zero-order chi connectivity index (χ0) is 13.3. The smallest absolute Gasteiger partial charge is 0.308 e. The average Bonchev–Trinajstić information content (AvgIpc) is 3.09. The molecule has 4 nitrogen and oxygen atoms in total. The van der Waals surface area contributed by atoms with Crippen molar-refractivity contribution >= 4 is 21.9 Å². The molecule has 0 aliphatic heterocycles. The lowest BCUT2D eigenvalue weighted by molar-refractivity contribution is -0.138. The van der Waals surface area contributed by atoms with Crippen LogP contribution in [0.4, 0.5) is 0 Å². The predicted octanol–water partition coefficient (Wildman–Crippen LogP) is 2.36. The fourth-order valence-electron chi connectivity index (χ4n) is 2.15. The molecule has 1 aliphatic carbocycles. The number of benzene rings is 1. The van der Waals surface area contributed by atoms with Gasteiger partial charge in [-0.05, 0) is 47.1 Å². The molecule has 0 saturated heterocycles. The van der Waals surface area contributed by atoms with Crippen molar-refractivity contribution in [2.24, 2.45) is 5.92 Å². The maximum atomic E-state index is 10.8. The maximum Gasteiger partial charge on any atom is 0.308 e. The molecule has 1 aromatic rings. The van der Waals surface area contributed by atoms with Crippen molar-refractivity contribution in [2.75, 3.05) is 14.2 Å². The number of hydrogen-bond acceptors (Lipinski definition) is 3. The number of carboxylic acids is 1. The number of rotatable bonds is 5. The molecule has 0 aromatic heterocycles. The first-order chi connectivity index (χ1) is 8.52. The minimum atomic E-state index is -0.692. The lowest BCUT2D eigenvalue weighted by Crippen LogP contribution is -2.23. The molecule has 1 saturated carbocycles. The molecule has 1 aliphatic rings. The van der Waals surface area contributed by atoms with Crippen molar-refractivity contribution < 1.29 is 14.6 Å². The highest BCUT2D eigenvalue weighted by Gasteiger charge is 2.45. The first kappa shape index (κ1) is 13.4. The number of carbonyl (C=O) groups is 1. The number of aliphatic carboxylic acids is 1. The van der Waals surface area contributed by atoms with Crippen LogP contribution in [0.1, 0.15) is 12.0 Å². The monoisotopic (exact) mass is 313 g/mol. The van der Waals surface area contributed by atoms with E-state index < -0.39 is 5.97 Å². The highest BCUT2D eigenvalue weighted by molar-refractivity contribution is 9.10. The Morgan fingerprint density at radius 3 is 2.83 bits per heavy atom. The van der Waals surface area contributed by atoms with E-state index in [4.69, 9.17) is 9.84 Å². The fourth-order valence-corrected chi connectivity index (χ4v) is 2.74. The van der Waals surface area contributed by atoms with E-state index in [1.54, 1.807) is 7.11 Å². The Morgan fingerprint density at radius 1 is 1.61 bits per heavy atom. The molecule has 2 unspecified atom stereocenters. The van der Waals surface area contributed by atoms with Crippen molar-refractivity contribution in [3.8, 4) is 5.75 Å². The third kappa shape index (κ3) is 2.84. The summed E-state index contributed by atoms with van der Waals surface area (Å²) in [5.74, 6) is -0.0873. The molecule has 0 radical (unpaired) electrons. The normalized spacial score (nSPS) is 22.0. The summed E-state index contributed by atoms with van der Waals surface area (Å²) in [5, 5.41) is 8.90. The fraction of sp³-hybridized carbons (Fsp3) is 0.462. The number of nitrogens with zero attached hydrogens (tertiary/aromatic N) is 1. The Balaban J connectivity index is 1.98. The van der Waals surface area contributed by atoms with Crippen LogP contribution in [-0.4, -0.2) is 36.2 Å². The van der Waals surface area contributed by atoms with Crippen molar-refractivity contribution in [3.63, 3.8) is 0 Å². The lowest BCUT2D eigenvalue weighted by atomic mass is 10.2. The second-order valence-electron chi connectivity index (χ2n) is 4.63. The van der Waals surface area contributed by atoms with E-state index in [9.17, 15) is 4.79 Å². The number of halogens is 1. The molecule has 0 bridgehead atoms. The molecule has 1 N–H and O–H groups in total. The average molecular weight is 314 g/mol. The standard InChI is InChI=1S/C13H16BrNO3/c1-15(11-6-9(11)13(16)17)7-8-3-4-12(18-2)10(14)5-8/h3-5,9,11H,6-7H2,1-2H3,(H,16,17). The lowest BCUT2D eigenvalue weighted by Gasteiger charge is -2.17. The second-order valence-corrected chi connectivity index (χ2v) is 5.49. The molecular formula is C13H16BrNO3. The van der Waals surface area contributed by atoms with Gasteiger partial charge in [0.15, 0.2) is 0 Å². The summed E-state index contributed by atoms with van der Waals surface area (Å²) in [5.41, 5.74) is 1.14. The van der Waals surface area contributed by atoms with Crippen LogP contribution in [0.25, 0.3) is 0 Å². The van der Waals surface area contributed by atoms with Gasteiger partial charge >= 0.3 is 5.97 Å². The third-order valence-electron chi connectivity index (χ3n) is 3.29. The molecule has 18 heavy (non-hydrogen) atoms. The summed E-state index contributed by atoms with van der Waals surface area (Å²) in [6.07, 6.45) is 0.753. The highest BCUT2D eigenvalue weighted by Crippen LogP contribution is 2.36. The quantitative estimate of drug-likeness (QED) is 0.906. The summed E-state index contributed by atoms with van der Waals surface area (Å²) >= 11 is 3.45. The SMILES string of the molecule is COc1ccc(CN(C)C2CC2C(=O)O)cc1Br. The molecule has 2 rings (SSSR count). The van der Waals surface area contributed by atoms with E-state index in [1.165, 1.54) is 0 Å². The Kier molecular flexibility index (Phi) is 3.92. The zero-order valence-corrected chi connectivity index (χ0v) is 12.0. The van der Waals surface area contributed by atoms with E-state index in [0.29, 0.717) is 0 Å². The first-order valence-corrected chi connectivity index (χ1v) is 6.57. The van der Waals surface area contributed by atoms with Crippen LogP contribution in [-0.2, 0) is 11.3 Å². The second kappa shape index (κ2) is 5.28. The van der Waals surface area contributed by atoms with Gasteiger partial charge in [-0.15, -0.1) is 0 Å². The van der Waals surface area contributed by atoms with Crippen LogP contribution >= 0.6 is 15.9 Å². The van der Waals surface area contributed by atoms with Gasteiger partial charge in [0.1, 0.15) is 5.75 Å². The van der Waals surface area contributed by atoms with Crippen molar-refractivity contribution in [2.45, 2.75) is 19.0 Å². The van der Waals surface area contributed by atoms with Gasteiger partial charge in [0.05, 0.1) is 17.5 Å². The number of carboxylic acid groups (broad SMARTS) is 1. The number of methoxy groups -OCH3 is 1. The summed E-state index contributed by atoms with van der Waals surface area (Å²) in [7, 11) is 3.60. The Bertz CT molecular complexity index is 464. The van der Waals surface area contributed by atoms with Crippen LogP contribution < -0.4 is 4.74 Å². The van der Waals surface area contributed by atoms with E-state index in [2.05, 4.69) is 20.8 Å². The Labute approximate surface area is 115 Å². The topological polar surface area (TPSA) is 49.8 Å². The molecule has 1 aromatic carbocycles. The van der Waals surface area contributed by atoms with Gasteiger partial charge in [0.2, 0.25) is 0 Å². The molecule has 0 amide bonds. The van der Waals surface area contributed by atoms with Gasteiger partial charge in [-0.2, -0.15) is 0 Å². The van der Waals surface area contributed by atoms with E-state index >= 15 is 0 Å². The summed E-state index contributed by atoms with van der Waals surface area (Å²) < 4.78 is 6.09. The summed E-state index contributed by atoms with van der Waals surface area (Å²) in [6, 6.07) is 6.09. The number of ether oxygens (including phenoxy) is 1. The van der Waals surface area contributed by atoms with Gasteiger partial charge in [-0.3, -0.25) is 9.69 Å². The van der Waals surface area contributed by atoms with Gasteiger partial charge < -0.3 is 9.84 Å². The number of hydrogen-bond donors (Lipinski definition) is 1. The van der Waals surface area contributed by atoms with Gasteiger partial charge in [-0.1, -0.05) is 6.07 Å². The summed E-state index contributed by atoms with van der Waals surface area (Å²) in [4.78, 5) is 12.9. The highest BCUT2D eigenvalue weighted by atomic mass is 79.9. The van der Waals surface area contributed by atoms with E-state index in [0.717, 1.165) is 28.8 Å². The Hall–Kier alpha value is -1.07. The molecule has 0 heterocycles. The van der Waals surface area contributed by atoms with Crippen LogP contribution in [0, 0.1) is 5.92 Å². The van der Waals surface area contributed by atoms with E-state index in [1.807, 2.05) is 25.2 Å². The minimum absolute atomic E-state index is 0.170. The van der Waals surface area contributed by atoms with E-state index in [-0.39, 0.29) is 12.0 Å². The van der Waals surface area contributed by atoms with Gasteiger partial charge in [0.25, 0.3) is 0 Å². The van der Waals surface area contributed by atoms with Gasteiger partial charge in [-0.25, -0.2) is 0 Å². The Morgan fingerprint density at radius 2 is 2.33 bits per heavy atom. The maximum absolute atomic E-state index is 10.8. The molecule has 0 spiro atoms. The van der Waals surface area contributed by atoms with Gasteiger partial charge in [0, 0.05) is 12.6 Å². The van der Waals surface area contributed by atoms with Crippen LogP contribution in [0.15, 0.2) is 22.7 Å². The molecular weight excluding hydrogens is 298 g/mol. The summed E-state index contributed by atoms with van der Waals surface area (Å²) in [6.45, 7) is 0.747. The van der Waals surface area contributed by atoms with Crippen LogP contribution in [0.2, 0.25) is 0 Å². The minimum Gasteiger partial charge on any atom is -0.496 e. The molecule has 2 atom stereocenters. The van der Waals surface area contributed by atoms with Crippen molar-refractivity contribution in [1.29, 1.82) is 0 Å². The largest absolute Gasteiger partial charge is 0.496 e. The molecule has 5 heteroatoms. The van der Waals surface area contributed by atoms with Crippen molar-refractivity contribution in [3.05, 3.63) is 28.2 Å². The molecule has 98 valence electrons. The predicted molar refractivity (Wildman–Crippen MR) is 71.7 cm³/mol.